The maximum atomic E-state index is 14.0. The number of anilines is 1. The Labute approximate surface area is 197 Å². The fourth-order valence-corrected chi connectivity index (χ4v) is 5.59. The molecule has 1 aromatic rings. The summed E-state index contributed by atoms with van der Waals surface area (Å²) in [7, 11) is 0. The van der Waals surface area contributed by atoms with E-state index >= 15 is 0 Å². The lowest BCUT2D eigenvalue weighted by atomic mass is 9.74. The van der Waals surface area contributed by atoms with Gasteiger partial charge >= 0.3 is 5.97 Å². The van der Waals surface area contributed by atoms with E-state index < -0.39 is 48.1 Å². The Bertz CT molecular complexity index is 1030. The molecule has 8 nitrogen and oxygen atoms in total. The number of carboxylic acids is 1. The summed E-state index contributed by atoms with van der Waals surface area (Å²) in [5.74, 6) is -4.29. The number of para-hydroxylation sites is 1. The highest BCUT2D eigenvalue weighted by atomic mass is 35.5. The minimum Gasteiger partial charge on any atom is -0.481 e. The van der Waals surface area contributed by atoms with Crippen LogP contribution in [0.2, 0.25) is 5.02 Å². The molecule has 9 heteroatoms. The average Bonchev–Trinajstić information content (AvgIpc) is 3.43. The highest BCUT2D eigenvalue weighted by molar-refractivity contribution is 6.34. The molecule has 1 spiro atoms. The molecule has 5 atom stereocenters. The Morgan fingerprint density at radius 3 is 2.79 bits per heavy atom. The first-order valence-corrected chi connectivity index (χ1v) is 11.4. The molecule has 3 heterocycles. The number of aliphatic hydroxyl groups excluding tert-OH is 1. The lowest BCUT2D eigenvalue weighted by Gasteiger charge is -2.36. The lowest BCUT2D eigenvalue weighted by molar-refractivity contribution is -0.146. The summed E-state index contributed by atoms with van der Waals surface area (Å²) in [6.45, 7) is 6.06. The summed E-state index contributed by atoms with van der Waals surface area (Å²) in [4.78, 5) is 42.8. The van der Waals surface area contributed by atoms with E-state index in [1.54, 1.807) is 41.3 Å². The van der Waals surface area contributed by atoms with Crippen LogP contribution >= 0.6 is 11.6 Å². The van der Waals surface area contributed by atoms with Crippen LogP contribution in [0.3, 0.4) is 0 Å². The first-order valence-electron chi connectivity index (χ1n) is 11.0. The Hall–Kier alpha value is -2.68. The fourth-order valence-electron chi connectivity index (χ4n) is 5.30. The third-order valence-corrected chi connectivity index (χ3v) is 7.02. The summed E-state index contributed by atoms with van der Waals surface area (Å²) in [6, 6.07) is 3.66. The van der Waals surface area contributed by atoms with E-state index in [1.165, 1.54) is 4.90 Å². The van der Waals surface area contributed by atoms with Crippen LogP contribution in [0.1, 0.15) is 25.3 Å². The van der Waals surface area contributed by atoms with Gasteiger partial charge in [0.25, 0.3) is 0 Å². The van der Waals surface area contributed by atoms with Gasteiger partial charge in [-0.2, -0.15) is 0 Å². The van der Waals surface area contributed by atoms with Crippen molar-refractivity contribution in [1.29, 1.82) is 0 Å². The monoisotopic (exact) mass is 474 g/mol. The van der Waals surface area contributed by atoms with Gasteiger partial charge in [-0.15, -0.1) is 6.58 Å². The van der Waals surface area contributed by atoms with Crippen LogP contribution in [-0.4, -0.2) is 63.7 Å². The summed E-state index contributed by atoms with van der Waals surface area (Å²) < 4.78 is 6.13. The minimum atomic E-state index is -1.43. The Morgan fingerprint density at radius 2 is 2.15 bits per heavy atom. The van der Waals surface area contributed by atoms with Crippen molar-refractivity contribution in [2.45, 2.75) is 44.1 Å². The molecule has 2 amide bonds. The molecule has 2 saturated heterocycles. The quantitative estimate of drug-likeness (QED) is 0.532. The van der Waals surface area contributed by atoms with Gasteiger partial charge in [0, 0.05) is 18.7 Å². The van der Waals surface area contributed by atoms with E-state index in [4.69, 9.17) is 16.3 Å². The molecule has 176 valence electrons. The maximum Gasteiger partial charge on any atom is 0.310 e. The molecule has 3 aliphatic rings. The molecular weight excluding hydrogens is 448 g/mol. The number of fused-ring (bicyclic) bond motifs is 1. The molecule has 0 aromatic heterocycles. The van der Waals surface area contributed by atoms with Gasteiger partial charge in [-0.3, -0.25) is 19.3 Å². The van der Waals surface area contributed by atoms with Gasteiger partial charge in [0.15, 0.2) is 0 Å². The van der Waals surface area contributed by atoms with Crippen LogP contribution < -0.4 is 4.90 Å². The Kier molecular flexibility index (Phi) is 6.35. The predicted octanol–water partition coefficient (Wildman–Crippen LogP) is 2.39. The SMILES string of the molecule is C=CCN(CCCC)C(=O)C1N(c2c(Cl)cccc2CO)C(=O)C2C(C(=O)O)C3C=CC21O3. The molecule has 33 heavy (non-hydrogen) atoms. The van der Waals surface area contributed by atoms with Gasteiger partial charge in [0.05, 0.1) is 29.3 Å². The van der Waals surface area contributed by atoms with Gasteiger partial charge in [0.2, 0.25) is 11.8 Å². The second-order valence-electron chi connectivity index (χ2n) is 8.58. The topological polar surface area (TPSA) is 107 Å². The highest BCUT2D eigenvalue weighted by Gasteiger charge is 2.73. The smallest absolute Gasteiger partial charge is 0.310 e. The van der Waals surface area contributed by atoms with Gasteiger partial charge in [0.1, 0.15) is 17.6 Å². The minimum absolute atomic E-state index is 0.179. The number of unbranched alkanes of at least 4 members (excludes halogenated alkanes) is 1. The number of hydrogen-bond acceptors (Lipinski definition) is 5. The van der Waals surface area contributed by atoms with E-state index in [9.17, 15) is 24.6 Å². The third kappa shape index (κ3) is 3.48. The van der Waals surface area contributed by atoms with Crippen molar-refractivity contribution in [3.05, 3.63) is 53.6 Å². The van der Waals surface area contributed by atoms with E-state index in [-0.39, 0.29) is 23.2 Å². The summed E-state index contributed by atoms with van der Waals surface area (Å²) in [5, 5.41) is 20.0. The predicted molar refractivity (Wildman–Crippen MR) is 122 cm³/mol. The number of ether oxygens (including phenoxy) is 1. The number of amides is 2. The number of aliphatic carboxylic acids is 1. The molecule has 2 N–H and O–H groups in total. The van der Waals surface area contributed by atoms with Gasteiger partial charge in [-0.05, 0) is 12.5 Å². The number of carboxylic acid groups (broad SMARTS) is 1. The molecule has 0 radical (unpaired) electrons. The molecule has 0 aliphatic carbocycles. The number of halogens is 1. The average molecular weight is 475 g/mol. The van der Waals surface area contributed by atoms with Crippen molar-refractivity contribution in [2.24, 2.45) is 11.8 Å². The van der Waals surface area contributed by atoms with Crippen molar-refractivity contribution in [2.75, 3.05) is 18.0 Å². The van der Waals surface area contributed by atoms with Crippen LogP contribution in [0, 0.1) is 11.8 Å². The first kappa shape index (κ1) is 23.5. The maximum absolute atomic E-state index is 14.0. The molecule has 4 rings (SSSR count). The van der Waals surface area contributed by atoms with Crippen LogP contribution in [-0.2, 0) is 25.7 Å². The molecule has 2 bridgehead atoms. The van der Waals surface area contributed by atoms with Crippen molar-refractivity contribution >= 4 is 35.1 Å². The van der Waals surface area contributed by atoms with Crippen LogP contribution in [0.5, 0.6) is 0 Å². The van der Waals surface area contributed by atoms with E-state index in [0.717, 1.165) is 12.8 Å². The van der Waals surface area contributed by atoms with Gasteiger partial charge < -0.3 is 19.8 Å². The van der Waals surface area contributed by atoms with E-state index in [0.29, 0.717) is 12.1 Å². The Balaban J connectivity index is 1.89. The van der Waals surface area contributed by atoms with Crippen LogP contribution in [0.25, 0.3) is 0 Å². The molecule has 1 aromatic carbocycles. The number of carbonyl (C=O) groups excluding carboxylic acids is 2. The third-order valence-electron chi connectivity index (χ3n) is 6.72. The van der Waals surface area contributed by atoms with Crippen molar-refractivity contribution in [1.82, 2.24) is 4.90 Å². The normalized spacial score (nSPS) is 29.4. The van der Waals surface area contributed by atoms with E-state index in [2.05, 4.69) is 6.58 Å². The number of nitrogens with zero attached hydrogens (tertiary/aromatic N) is 2. The first-order chi connectivity index (χ1) is 15.8. The fraction of sp³-hybridized carbons (Fsp3) is 0.458. The molecule has 2 fully saturated rings. The number of carbonyl (C=O) groups is 3. The van der Waals surface area contributed by atoms with Crippen molar-refractivity contribution in [3.63, 3.8) is 0 Å². The summed E-state index contributed by atoms with van der Waals surface area (Å²) >= 11 is 6.48. The van der Waals surface area contributed by atoms with Crippen molar-refractivity contribution < 1.29 is 29.3 Å². The van der Waals surface area contributed by atoms with Crippen LogP contribution in [0.4, 0.5) is 5.69 Å². The number of aliphatic hydroxyl groups is 1. The van der Waals surface area contributed by atoms with E-state index in [1.807, 2.05) is 6.92 Å². The largest absolute Gasteiger partial charge is 0.481 e. The van der Waals surface area contributed by atoms with Gasteiger partial charge in [-0.25, -0.2) is 0 Å². The van der Waals surface area contributed by atoms with Crippen LogP contribution in [0.15, 0.2) is 43.0 Å². The summed E-state index contributed by atoms with van der Waals surface area (Å²) in [5.41, 5.74) is -0.869. The standard InChI is InChI=1S/C24H27ClN2O6/c1-3-5-12-26(11-4-2)22(30)20-24-10-9-16(33-24)17(23(31)32)18(24)21(29)27(20)19-14(13-28)7-6-8-15(19)25/h4,6-10,16-18,20,28H,2-3,5,11-13H2,1H3,(H,31,32). The molecule has 3 aliphatic heterocycles. The molecular formula is C24H27ClN2O6. The van der Waals surface area contributed by atoms with Crippen molar-refractivity contribution in [3.8, 4) is 0 Å². The number of hydrogen-bond donors (Lipinski definition) is 2. The zero-order chi connectivity index (χ0) is 23.9. The number of rotatable bonds is 9. The lowest BCUT2D eigenvalue weighted by Crippen LogP contribution is -2.56. The summed E-state index contributed by atoms with van der Waals surface area (Å²) in [6.07, 6.45) is 5.71. The Morgan fingerprint density at radius 1 is 1.39 bits per heavy atom. The number of benzene rings is 1. The zero-order valence-electron chi connectivity index (χ0n) is 18.3. The zero-order valence-corrected chi connectivity index (χ0v) is 19.1. The molecule has 5 unspecified atom stereocenters. The second-order valence-corrected chi connectivity index (χ2v) is 8.99. The second kappa shape index (κ2) is 8.93. The van der Waals surface area contributed by atoms with Gasteiger partial charge in [-0.1, -0.05) is 55.3 Å². The highest BCUT2D eigenvalue weighted by Crippen LogP contribution is 2.57. The molecule has 0 saturated carbocycles.